The van der Waals surface area contributed by atoms with Crippen LogP contribution in [0.4, 0.5) is 0 Å². The zero-order valence-electron chi connectivity index (χ0n) is 10.7. The molecule has 0 aromatic carbocycles. The van der Waals surface area contributed by atoms with Crippen molar-refractivity contribution in [3.8, 4) is 0 Å². The maximum atomic E-state index is 8.84. The minimum atomic E-state index is 0.301. The molecule has 1 rings (SSSR count). The van der Waals surface area contributed by atoms with E-state index in [2.05, 4.69) is 19.2 Å². The number of aliphatic hydroxyl groups is 1. The molecule has 0 spiro atoms. The van der Waals surface area contributed by atoms with Gasteiger partial charge in [0.25, 0.3) is 0 Å². The van der Waals surface area contributed by atoms with Crippen molar-refractivity contribution >= 4 is 0 Å². The van der Waals surface area contributed by atoms with E-state index in [1.165, 1.54) is 12.8 Å². The van der Waals surface area contributed by atoms with Gasteiger partial charge < -0.3 is 15.2 Å². The summed E-state index contributed by atoms with van der Waals surface area (Å²) in [7, 11) is 0. The van der Waals surface area contributed by atoms with E-state index in [9.17, 15) is 0 Å². The molecule has 3 heteroatoms. The van der Waals surface area contributed by atoms with Crippen LogP contribution in [0.25, 0.3) is 0 Å². The highest BCUT2D eigenvalue weighted by atomic mass is 16.5. The summed E-state index contributed by atoms with van der Waals surface area (Å²) in [6.07, 6.45) is 6.03. The molecule has 3 nitrogen and oxygen atoms in total. The predicted molar refractivity (Wildman–Crippen MR) is 66.5 cm³/mol. The first kappa shape index (κ1) is 13.9. The molecule has 0 aromatic heterocycles. The fourth-order valence-electron chi connectivity index (χ4n) is 2.28. The van der Waals surface area contributed by atoms with E-state index >= 15 is 0 Å². The molecule has 0 amide bonds. The fraction of sp³-hybridized carbons (Fsp3) is 1.00. The lowest BCUT2D eigenvalue weighted by molar-refractivity contribution is -0.00372. The average molecular weight is 229 g/mol. The van der Waals surface area contributed by atoms with Crippen LogP contribution in [0.2, 0.25) is 0 Å². The Morgan fingerprint density at radius 2 is 2.31 bits per heavy atom. The van der Waals surface area contributed by atoms with Gasteiger partial charge in [-0.1, -0.05) is 20.3 Å². The summed E-state index contributed by atoms with van der Waals surface area (Å²) >= 11 is 0. The van der Waals surface area contributed by atoms with E-state index in [1.807, 2.05) is 0 Å². The Morgan fingerprint density at radius 1 is 1.50 bits per heavy atom. The first-order valence-corrected chi connectivity index (χ1v) is 6.72. The van der Waals surface area contributed by atoms with Crippen molar-refractivity contribution in [2.45, 2.75) is 58.1 Å². The molecular formula is C13H27NO2. The third-order valence-electron chi connectivity index (χ3n) is 3.35. The summed E-state index contributed by atoms with van der Waals surface area (Å²) in [5, 5.41) is 12.4. The highest BCUT2D eigenvalue weighted by Crippen LogP contribution is 2.18. The van der Waals surface area contributed by atoms with Crippen LogP contribution in [0.5, 0.6) is 0 Å². The summed E-state index contributed by atoms with van der Waals surface area (Å²) in [5.74, 6) is 0.567. The van der Waals surface area contributed by atoms with Crippen LogP contribution in [-0.4, -0.2) is 37.0 Å². The second-order valence-corrected chi connectivity index (χ2v) is 5.03. The molecule has 1 aliphatic heterocycles. The molecule has 0 saturated carbocycles. The van der Waals surface area contributed by atoms with Crippen molar-refractivity contribution in [2.24, 2.45) is 5.92 Å². The number of ether oxygens (including phenoxy) is 1. The molecule has 2 N–H and O–H groups in total. The summed E-state index contributed by atoms with van der Waals surface area (Å²) in [6, 6.07) is 0.617. The van der Waals surface area contributed by atoms with Gasteiger partial charge in [0.05, 0.1) is 6.10 Å². The van der Waals surface area contributed by atoms with Crippen molar-refractivity contribution < 1.29 is 9.84 Å². The van der Waals surface area contributed by atoms with Crippen LogP contribution in [0.3, 0.4) is 0 Å². The highest BCUT2D eigenvalue weighted by molar-refractivity contribution is 4.77. The van der Waals surface area contributed by atoms with Gasteiger partial charge in [-0.15, -0.1) is 0 Å². The van der Waals surface area contributed by atoms with Gasteiger partial charge in [0.1, 0.15) is 0 Å². The lowest BCUT2D eigenvalue weighted by Crippen LogP contribution is -2.40. The standard InChI is InChI=1S/C13H27NO2/c1-3-4-13-9-12(6-8-16-13)14-10-11(2)5-7-15/h11-15H,3-10H2,1-2H3. The van der Waals surface area contributed by atoms with Gasteiger partial charge in [-0.2, -0.15) is 0 Å². The lowest BCUT2D eigenvalue weighted by atomic mass is 9.99. The quantitative estimate of drug-likeness (QED) is 0.701. The minimum Gasteiger partial charge on any atom is -0.396 e. The second kappa shape index (κ2) is 8.04. The van der Waals surface area contributed by atoms with Crippen LogP contribution < -0.4 is 5.32 Å². The SMILES string of the molecule is CCCC1CC(NCC(C)CCO)CCO1. The van der Waals surface area contributed by atoms with Gasteiger partial charge in [0, 0.05) is 19.3 Å². The molecule has 0 radical (unpaired) electrons. The topological polar surface area (TPSA) is 41.5 Å². The Kier molecular flexibility index (Phi) is 7.01. The Balaban J connectivity index is 2.16. The molecule has 0 aromatic rings. The van der Waals surface area contributed by atoms with E-state index in [0.29, 0.717) is 24.7 Å². The van der Waals surface area contributed by atoms with Crippen LogP contribution in [0.15, 0.2) is 0 Å². The summed E-state index contributed by atoms with van der Waals surface area (Å²) in [5.41, 5.74) is 0. The smallest absolute Gasteiger partial charge is 0.0589 e. The number of hydrogen-bond acceptors (Lipinski definition) is 3. The van der Waals surface area contributed by atoms with Gasteiger partial charge >= 0.3 is 0 Å². The van der Waals surface area contributed by atoms with Crippen molar-refractivity contribution in [1.82, 2.24) is 5.32 Å². The molecule has 16 heavy (non-hydrogen) atoms. The van der Waals surface area contributed by atoms with Crippen molar-refractivity contribution in [3.05, 3.63) is 0 Å². The van der Waals surface area contributed by atoms with Gasteiger partial charge in [-0.05, 0) is 38.1 Å². The first-order valence-electron chi connectivity index (χ1n) is 6.72. The van der Waals surface area contributed by atoms with E-state index in [1.54, 1.807) is 0 Å². The van der Waals surface area contributed by atoms with Gasteiger partial charge in [-0.25, -0.2) is 0 Å². The van der Waals surface area contributed by atoms with Crippen molar-refractivity contribution in [3.63, 3.8) is 0 Å². The van der Waals surface area contributed by atoms with Gasteiger partial charge in [0.2, 0.25) is 0 Å². The summed E-state index contributed by atoms with van der Waals surface area (Å²) < 4.78 is 5.72. The van der Waals surface area contributed by atoms with E-state index in [4.69, 9.17) is 9.84 Å². The molecule has 1 aliphatic rings. The molecular weight excluding hydrogens is 202 g/mol. The Morgan fingerprint density at radius 3 is 3.00 bits per heavy atom. The maximum absolute atomic E-state index is 8.84. The van der Waals surface area contributed by atoms with Crippen molar-refractivity contribution in [1.29, 1.82) is 0 Å². The highest BCUT2D eigenvalue weighted by Gasteiger charge is 2.21. The predicted octanol–water partition coefficient (Wildman–Crippen LogP) is 1.94. The molecule has 3 unspecified atom stereocenters. The largest absolute Gasteiger partial charge is 0.396 e. The molecule has 1 fully saturated rings. The number of aliphatic hydroxyl groups excluding tert-OH is 1. The first-order chi connectivity index (χ1) is 7.76. The van der Waals surface area contributed by atoms with Crippen LogP contribution in [0, 0.1) is 5.92 Å². The minimum absolute atomic E-state index is 0.301. The van der Waals surface area contributed by atoms with Crippen LogP contribution in [-0.2, 0) is 4.74 Å². The summed E-state index contributed by atoms with van der Waals surface area (Å²) in [6.45, 7) is 6.62. The number of hydrogen-bond donors (Lipinski definition) is 2. The fourth-order valence-corrected chi connectivity index (χ4v) is 2.28. The van der Waals surface area contributed by atoms with Crippen LogP contribution in [0.1, 0.15) is 46.0 Å². The average Bonchev–Trinajstić information content (AvgIpc) is 2.28. The normalized spacial score (nSPS) is 27.9. The van der Waals surface area contributed by atoms with E-state index < -0.39 is 0 Å². The Labute approximate surface area is 99.6 Å². The van der Waals surface area contributed by atoms with Crippen molar-refractivity contribution in [2.75, 3.05) is 19.8 Å². The third kappa shape index (κ3) is 5.28. The zero-order chi connectivity index (χ0) is 11.8. The lowest BCUT2D eigenvalue weighted by Gasteiger charge is -2.31. The third-order valence-corrected chi connectivity index (χ3v) is 3.35. The molecule has 1 heterocycles. The monoisotopic (exact) mass is 229 g/mol. The molecule has 0 aliphatic carbocycles. The number of nitrogens with one attached hydrogen (secondary N) is 1. The van der Waals surface area contributed by atoms with E-state index in [0.717, 1.165) is 32.4 Å². The van der Waals surface area contributed by atoms with Gasteiger partial charge in [-0.3, -0.25) is 0 Å². The van der Waals surface area contributed by atoms with Crippen LogP contribution >= 0.6 is 0 Å². The molecule has 96 valence electrons. The van der Waals surface area contributed by atoms with E-state index in [-0.39, 0.29) is 0 Å². The molecule has 0 bridgehead atoms. The maximum Gasteiger partial charge on any atom is 0.0589 e. The second-order valence-electron chi connectivity index (χ2n) is 5.03. The van der Waals surface area contributed by atoms with Gasteiger partial charge in [0.15, 0.2) is 0 Å². The molecule has 3 atom stereocenters. The number of rotatable bonds is 7. The summed E-state index contributed by atoms with van der Waals surface area (Å²) in [4.78, 5) is 0. The molecule has 1 saturated heterocycles. The Hall–Kier alpha value is -0.120. The Bertz CT molecular complexity index is 173. The zero-order valence-corrected chi connectivity index (χ0v) is 10.7.